The summed E-state index contributed by atoms with van der Waals surface area (Å²) < 4.78 is 1.11. The Morgan fingerprint density at radius 3 is 1.82 bits per heavy atom. The lowest BCUT2D eigenvalue weighted by Gasteiger charge is -2.30. The standard InChI is InChI=1S/C19H34N.BrH.H2O/c1-4-5-6-7-8-9-10-14-17-20(2,3)18-19-15-12-11-13-16-19;;/h11-13,15-16H,4-10,14,17-18H2,1-3H3;1H;1H2/q+1;;/p-1. The second-order valence-electron chi connectivity index (χ2n) is 6.78. The smallest absolute Gasteiger partial charge is 0.104 e. The number of unbranched alkanes of at least 4 members (excludes halogenated alkanes) is 7. The average Bonchev–Trinajstić information content (AvgIpc) is 2.42. The first kappa shape index (κ1) is 23.9. The van der Waals surface area contributed by atoms with Crippen LogP contribution in [0.4, 0.5) is 0 Å². The summed E-state index contributed by atoms with van der Waals surface area (Å²) >= 11 is 0. The third-order valence-corrected chi connectivity index (χ3v) is 4.07. The lowest BCUT2D eigenvalue weighted by molar-refractivity contribution is -0.903. The van der Waals surface area contributed by atoms with Gasteiger partial charge in [0, 0.05) is 5.56 Å². The molecule has 0 aliphatic heterocycles. The van der Waals surface area contributed by atoms with Gasteiger partial charge < -0.3 is 26.9 Å². The minimum Gasteiger partial charge on any atom is -1.00 e. The van der Waals surface area contributed by atoms with Gasteiger partial charge in [0.05, 0.1) is 20.6 Å². The summed E-state index contributed by atoms with van der Waals surface area (Å²) in [6.07, 6.45) is 11.3. The van der Waals surface area contributed by atoms with Gasteiger partial charge in [0.2, 0.25) is 0 Å². The number of hydrogen-bond acceptors (Lipinski definition) is 0. The van der Waals surface area contributed by atoms with Crippen LogP contribution in [0.15, 0.2) is 30.3 Å². The van der Waals surface area contributed by atoms with E-state index in [1.54, 1.807) is 0 Å². The fourth-order valence-corrected chi connectivity index (χ4v) is 2.83. The van der Waals surface area contributed by atoms with Crippen molar-refractivity contribution in [3.63, 3.8) is 0 Å². The molecular formula is C19H36BrNO. The van der Waals surface area contributed by atoms with Crippen molar-refractivity contribution in [2.45, 2.75) is 64.8 Å². The summed E-state index contributed by atoms with van der Waals surface area (Å²) in [6, 6.07) is 10.9. The van der Waals surface area contributed by atoms with E-state index >= 15 is 0 Å². The van der Waals surface area contributed by atoms with Crippen molar-refractivity contribution >= 4 is 0 Å². The van der Waals surface area contributed by atoms with Crippen molar-refractivity contribution < 1.29 is 26.9 Å². The molecule has 2 nitrogen and oxygen atoms in total. The van der Waals surface area contributed by atoms with E-state index in [0.717, 1.165) is 11.0 Å². The van der Waals surface area contributed by atoms with E-state index in [9.17, 15) is 0 Å². The van der Waals surface area contributed by atoms with E-state index in [1.807, 2.05) is 0 Å². The van der Waals surface area contributed by atoms with E-state index in [4.69, 9.17) is 0 Å². The van der Waals surface area contributed by atoms with E-state index in [1.165, 1.54) is 63.5 Å². The fourth-order valence-electron chi connectivity index (χ4n) is 2.83. The number of benzene rings is 1. The van der Waals surface area contributed by atoms with Crippen molar-refractivity contribution in [2.75, 3.05) is 20.6 Å². The molecule has 0 atom stereocenters. The minimum absolute atomic E-state index is 0. The normalized spacial score (nSPS) is 10.7. The van der Waals surface area contributed by atoms with Gasteiger partial charge in [0.1, 0.15) is 6.54 Å². The summed E-state index contributed by atoms with van der Waals surface area (Å²) in [6.45, 7) is 4.73. The van der Waals surface area contributed by atoms with Crippen molar-refractivity contribution in [3.05, 3.63) is 35.9 Å². The maximum Gasteiger partial charge on any atom is 0.104 e. The van der Waals surface area contributed by atoms with Crippen LogP contribution in [0.1, 0.15) is 63.9 Å². The first-order chi connectivity index (χ1) is 9.64. The molecule has 0 heterocycles. The molecular weight excluding hydrogens is 338 g/mol. The van der Waals surface area contributed by atoms with Crippen molar-refractivity contribution in [1.82, 2.24) is 0 Å². The Kier molecular flexibility index (Phi) is 15.4. The van der Waals surface area contributed by atoms with Gasteiger partial charge in [-0.25, -0.2) is 0 Å². The van der Waals surface area contributed by atoms with Crippen molar-refractivity contribution in [1.29, 1.82) is 0 Å². The topological polar surface area (TPSA) is 31.5 Å². The van der Waals surface area contributed by atoms with Gasteiger partial charge in [-0.2, -0.15) is 0 Å². The molecule has 0 radical (unpaired) electrons. The lowest BCUT2D eigenvalue weighted by atomic mass is 10.1. The zero-order valence-corrected chi connectivity index (χ0v) is 16.4. The molecule has 130 valence electrons. The van der Waals surface area contributed by atoms with Crippen LogP contribution in [0, 0.1) is 0 Å². The lowest BCUT2D eigenvalue weighted by Crippen LogP contribution is -3.00. The Bertz CT molecular complexity index is 341. The van der Waals surface area contributed by atoms with Crippen LogP contribution in [0.5, 0.6) is 0 Å². The molecule has 22 heavy (non-hydrogen) atoms. The van der Waals surface area contributed by atoms with Gasteiger partial charge in [0.25, 0.3) is 0 Å². The SMILES string of the molecule is CCCCCCCCCC[N+](C)(C)Cc1ccccc1.O.[Br-]. The Labute approximate surface area is 148 Å². The Hall–Kier alpha value is -0.380. The predicted octanol–water partition coefficient (Wildman–Crippen LogP) is 1.58. The van der Waals surface area contributed by atoms with Crippen molar-refractivity contribution in [2.24, 2.45) is 0 Å². The predicted molar refractivity (Wildman–Crippen MR) is 93.3 cm³/mol. The maximum absolute atomic E-state index is 2.36. The zero-order valence-electron chi connectivity index (χ0n) is 14.8. The number of hydrogen-bond donors (Lipinski definition) is 0. The molecule has 0 saturated heterocycles. The van der Waals surface area contributed by atoms with Gasteiger partial charge in [-0.15, -0.1) is 0 Å². The van der Waals surface area contributed by atoms with Crippen molar-refractivity contribution in [3.8, 4) is 0 Å². The molecule has 3 heteroatoms. The first-order valence-corrected chi connectivity index (χ1v) is 8.50. The molecule has 2 N–H and O–H groups in total. The summed E-state index contributed by atoms with van der Waals surface area (Å²) in [4.78, 5) is 0. The highest BCUT2D eigenvalue weighted by Gasteiger charge is 2.14. The van der Waals surface area contributed by atoms with Crippen LogP contribution in [0.2, 0.25) is 0 Å². The third kappa shape index (κ3) is 12.2. The Balaban J connectivity index is 0. The molecule has 0 aliphatic carbocycles. The van der Waals surface area contributed by atoms with Gasteiger partial charge in [0.15, 0.2) is 0 Å². The molecule has 0 aliphatic rings. The minimum atomic E-state index is 0. The highest BCUT2D eigenvalue weighted by molar-refractivity contribution is 5.13. The van der Waals surface area contributed by atoms with Gasteiger partial charge >= 0.3 is 0 Å². The first-order valence-electron chi connectivity index (χ1n) is 8.50. The highest BCUT2D eigenvalue weighted by Crippen LogP contribution is 2.13. The fraction of sp³-hybridized carbons (Fsp3) is 0.684. The van der Waals surface area contributed by atoms with Gasteiger partial charge in [-0.05, 0) is 12.8 Å². The molecule has 0 amide bonds. The van der Waals surface area contributed by atoms with E-state index < -0.39 is 0 Å². The molecule has 1 rings (SSSR count). The van der Waals surface area contributed by atoms with Crippen LogP contribution in [0.25, 0.3) is 0 Å². The number of halogens is 1. The molecule has 0 aromatic heterocycles. The molecule has 0 spiro atoms. The van der Waals surface area contributed by atoms with E-state index in [-0.39, 0.29) is 22.5 Å². The Morgan fingerprint density at radius 2 is 1.27 bits per heavy atom. The summed E-state index contributed by atoms with van der Waals surface area (Å²) in [5, 5.41) is 0. The van der Waals surface area contributed by atoms with Gasteiger partial charge in [-0.3, -0.25) is 0 Å². The Morgan fingerprint density at radius 1 is 0.773 bits per heavy atom. The molecule has 0 saturated carbocycles. The summed E-state index contributed by atoms with van der Waals surface area (Å²) in [7, 11) is 4.71. The number of quaternary nitrogens is 1. The molecule has 0 fully saturated rings. The third-order valence-electron chi connectivity index (χ3n) is 4.07. The highest BCUT2D eigenvalue weighted by atomic mass is 79.9. The number of nitrogens with zero attached hydrogens (tertiary/aromatic N) is 1. The second-order valence-corrected chi connectivity index (χ2v) is 6.78. The van der Waals surface area contributed by atoms with Gasteiger partial charge in [-0.1, -0.05) is 75.8 Å². The monoisotopic (exact) mass is 373 g/mol. The van der Waals surface area contributed by atoms with Crippen LogP contribution < -0.4 is 17.0 Å². The van der Waals surface area contributed by atoms with E-state index in [0.29, 0.717) is 0 Å². The van der Waals surface area contributed by atoms with Crippen LogP contribution in [0.3, 0.4) is 0 Å². The van der Waals surface area contributed by atoms with E-state index in [2.05, 4.69) is 51.4 Å². The number of rotatable bonds is 11. The van der Waals surface area contributed by atoms with Crippen LogP contribution in [-0.4, -0.2) is 30.6 Å². The van der Waals surface area contributed by atoms with Crippen LogP contribution >= 0.6 is 0 Å². The summed E-state index contributed by atoms with van der Waals surface area (Å²) in [5.74, 6) is 0. The average molecular weight is 374 g/mol. The summed E-state index contributed by atoms with van der Waals surface area (Å²) in [5.41, 5.74) is 1.46. The van der Waals surface area contributed by atoms with Crippen LogP contribution in [-0.2, 0) is 6.54 Å². The quantitative estimate of drug-likeness (QED) is 0.416. The molecule has 1 aromatic carbocycles. The second kappa shape index (κ2) is 14.2. The molecule has 1 aromatic rings. The molecule has 0 bridgehead atoms. The zero-order chi connectivity index (χ0) is 14.7. The largest absolute Gasteiger partial charge is 1.00 e. The molecule has 0 unspecified atom stereocenters. The maximum atomic E-state index is 2.36.